The van der Waals surface area contributed by atoms with Gasteiger partial charge >= 0.3 is 18.0 Å². The Morgan fingerprint density at radius 2 is 1.45 bits per heavy atom. The average Bonchev–Trinajstić information content (AvgIpc) is 2.75. The predicted octanol–water partition coefficient (Wildman–Crippen LogP) is 3.96. The maximum Gasteiger partial charge on any atom is 0.408 e. The van der Waals surface area contributed by atoms with Crippen LogP contribution >= 0.6 is 0 Å². The van der Waals surface area contributed by atoms with E-state index in [1.54, 1.807) is 81.4 Å². The lowest BCUT2D eigenvalue weighted by atomic mass is 10.1. The molecule has 0 bridgehead atoms. The number of benzene rings is 2. The van der Waals surface area contributed by atoms with Gasteiger partial charge in [0.05, 0.1) is 6.42 Å². The number of esters is 1. The summed E-state index contributed by atoms with van der Waals surface area (Å²) in [4.78, 5) is 36.8. The maximum absolute atomic E-state index is 14.7. The molecule has 0 heterocycles. The monoisotopic (exact) mass is 462 g/mol. The van der Waals surface area contributed by atoms with Crippen LogP contribution in [0.5, 0.6) is 0 Å². The van der Waals surface area contributed by atoms with Crippen LogP contribution in [0, 0.1) is 0 Å². The largest absolute Gasteiger partial charge is 0.458 e. The van der Waals surface area contributed by atoms with Gasteiger partial charge in [-0.25, -0.2) is 9.59 Å². The van der Waals surface area contributed by atoms with Crippen LogP contribution in [0.15, 0.2) is 60.7 Å². The SMILES string of the molecule is CC(C)(C)OC(=O)C(CC(F)(F)C(=O)NCc1ccccc1)NC(=O)OCc1ccccc1. The summed E-state index contributed by atoms with van der Waals surface area (Å²) in [5, 5.41) is 4.25. The maximum atomic E-state index is 14.7. The van der Waals surface area contributed by atoms with Crippen molar-refractivity contribution in [3.8, 4) is 0 Å². The third-order valence-electron chi connectivity index (χ3n) is 4.28. The molecule has 2 N–H and O–H groups in total. The lowest BCUT2D eigenvalue weighted by Gasteiger charge is -2.26. The normalized spacial score (nSPS) is 12.4. The van der Waals surface area contributed by atoms with Crippen LogP contribution in [-0.2, 0) is 32.2 Å². The van der Waals surface area contributed by atoms with Crippen molar-refractivity contribution in [1.29, 1.82) is 0 Å². The molecule has 0 spiro atoms. The zero-order chi connectivity index (χ0) is 24.5. The molecule has 0 saturated heterocycles. The number of nitrogens with one attached hydrogen (secondary N) is 2. The molecular weight excluding hydrogens is 434 g/mol. The van der Waals surface area contributed by atoms with Crippen molar-refractivity contribution in [2.45, 2.75) is 57.9 Å². The van der Waals surface area contributed by atoms with Crippen molar-refractivity contribution >= 4 is 18.0 Å². The second-order valence-corrected chi connectivity index (χ2v) is 8.37. The van der Waals surface area contributed by atoms with E-state index >= 15 is 0 Å². The second-order valence-electron chi connectivity index (χ2n) is 8.37. The molecule has 33 heavy (non-hydrogen) atoms. The first-order valence-electron chi connectivity index (χ1n) is 10.4. The number of carbonyl (C=O) groups is 3. The van der Waals surface area contributed by atoms with Gasteiger partial charge in [-0.1, -0.05) is 60.7 Å². The van der Waals surface area contributed by atoms with Crippen molar-refractivity contribution in [3.05, 3.63) is 71.8 Å². The molecular formula is C24H28F2N2O5. The standard InChI is InChI=1S/C24H28F2N2O5/c1-23(2,3)33-20(29)19(28-22(31)32-16-18-12-8-5-9-13-18)14-24(25,26)21(30)27-15-17-10-6-4-7-11-17/h4-13,19H,14-16H2,1-3H3,(H,27,30)(H,28,31). The predicted molar refractivity (Wildman–Crippen MR) is 117 cm³/mol. The molecule has 0 aromatic heterocycles. The van der Waals surface area contributed by atoms with E-state index in [1.165, 1.54) is 0 Å². The third kappa shape index (κ3) is 9.26. The molecule has 9 heteroatoms. The van der Waals surface area contributed by atoms with Crippen molar-refractivity contribution in [2.24, 2.45) is 0 Å². The van der Waals surface area contributed by atoms with E-state index in [0.29, 0.717) is 11.1 Å². The Morgan fingerprint density at radius 3 is 2.00 bits per heavy atom. The lowest BCUT2D eigenvalue weighted by molar-refractivity contribution is -0.162. The molecule has 0 aliphatic heterocycles. The van der Waals surface area contributed by atoms with Crippen LogP contribution in [-0.4, -0.2) is 35.5 Å². The van der Waals surface area contributed by atoms with E-state index in [-0.39, 0.29) is 13.2 Å². The van der Waals surface area contributed by atoms with Crippen LogP contribution in [0.25, 0.3) is 0 Å². The topological polar surface area (TPSA) is 93.7 Å². The van der Waals surface area contributed by atoms with Gasteiger partial charge in [0, 0.05) is 6.54 Å². The number of amides is 2. The number of rotatable bonds is 9. The molecule has 0 aliphatic rings. The highest BCUT2D eigenvalue weighted by Crippen LogP contribution is 2.23. The number of hydrogen-bond donors (Lipinski definition) is 2. The van der Waals surface area contributed by atoms with Crippen LogP contribution < -0.4 is 10.6 Å². The zero-order valence-electron chi connectivity index (χ0n) is 18.8. The lowest BCUT2D eigenvalue weighted by Crippen LogP contribution is -2.50. The summed E-state index contributed by atoms with van der Waals surface area (Å²) in [6, 6.07) is 15.4. The Morgan fingerprint density at radius 1 is 0.909 bits per heavy atom. The number of ether oxygens (including phenoxy) is 2. The number of alkyl halides is 2. The van der Waals surface area contributed by atoms with E-state index in [0.717, 1.165) is 0 Å². The first kappa shape index (κ1) is 25.8. The van der Waals surface area contributed by atoms with Gasteiger partial charge < -0.3 is 20.1 Å². The second kappa shape index (κ2) is 11.4. The Kier molecular flexibility index (Phi) is 8.90. The Bertz CT molecular complexity index is 931. The fraction of sp³-hybridized carbons (Fsp3) is 0.375. The summed E-state index contributed by atoms with van der Waals surface area (Å²) in [5.41, 5.74) is 0.315. The quantitative estimate of drug-likeness (QED) is 0.550. The third-order valence-corrected chi connectivity index (χ3v) is 4.28. The molecule has 2 aromatic rings. The first-order valence-corrected chi connectivity index (χ1v) is 10.4. The van der Waals surface area contributed by atoms with E-state index in [4.69, 9.17) is 9.47 Å². The highest BCUT2D eigenvalue weighted by atomic mass is 19.3. The average molecular weight is 462 g/mol. The van der Waals surface area contributed by atoms with Crippen LogP contribution in [0.1, 0.15) is 38.3 Å². The van der Waals surface area contributed by atoms with Gasteiger partial charge in [0.2, 0.25) is 0 Å². The van der Waals surface area contributed by atoms with Crippen LogP contribution in [0.3, 0.4) is 0 Å². The zero-order valence-corrected chi connectivity index (χ0v) is 18.8. The van der Waals surface area contributed by atoms with Gasteiger partial charge in [0.1, 0.15) is 18.2 Å². The Labute approximate surface area is 191 Å². The molecule has 178 valence electrons. The van der Waals surface area contributed by atoms with Gasteiger partial charge in [-0.3, -0.25) is 4.79 Å². The molecule has 2 amide bonds. The fourth-order valence-corrected chi connectivity index (χ4v) is 2.73. The van der Waals surface area contributed by atoms with Gasteiger partial charge in [-0.2, -0.15) is 8.78 Å². The summed E-state index contributed by atoms with van der Waals surface area (Å²) >= 11 is 0. The summed E-state index contributed by atoms with van der Waals surface area (Å²) in [6.45, 7) is 4.43. The molecule has 1 unspecified atom stereocenters. The van der Waals surface area contributed by atoms with E-state index in [1.807, 2.05) is 0 Å². The van der Waals surface area contributed by atoms with Crippen LogP contribution in [0.4, 0.5) is 13.6 Å². The van der Waals surface area contributed by atoms with Crippen molar-refractivity contribution in [2.75, 3.05) is 0 Å². The molecule has 0 radical (unpaired) electrons. The molecule has 2 aromatic carbocycles. The first-order chi connectivity index (χ1) is 15.5. The van der Waals surface area contributed by atoms with Gasteiger partial charge in [-0.05, 0) is 31.9 Å². The Hall–Kier alpha value is -3.49. The van der Waals surface area contributed by atoms with Gasteiger partial charge in [0.25, 0.3) is 5.91 Å². The summed E-state index contributed by atoms with van der Waals surface area (Å²) in [5.74, 6) is -6.63. The minimum Gasteiger partial charge on any atom is -0.458 e. The minimum atomic E-state index is -3.96. The smallest absolute Gasteiger partial charge is 0.408 e. The van der Waals surface area contributed by atoms with E-state index in [2.05, 4.69) is 10.6 Å². The fourth-order valence-electron chi connectivity index (χ4n) is 2.73. The highest BCUT2D eigenvalue weighted by molar-refractivity contribution is 5.86. The van der Waals surface area contributed by atoms with Gasteiger partial charge in [-0.15, -0.1) is 0 Å². The number of hydrogen-bond acceptors (Lipinski definition) is 5. The number of halogens is 2. The molecule has 1 atom stereocenters. The molecule has 0 aliphatic carbocycles. The minimum absolute atomic E-state index is 0.112. The summed E-state index contributed by atoms with van der Waals surface area (Å²) in [6.07, 6.45) is -2.38. The van der Waals surface area contributed by atoms with Crippen molar-refractivity contribution < 1.29 is 32.6 Å². The highest BCUT2D eigenvalue weighted by Gasteiger charge is 2.44. The molecule has 0 fully saturated rings. The van der Waals surface area contributed by atoms with Crippen molar-refractivity contribution in [1.82, 2.24) is 10.6 Å². The Balaban J connectivity index is 2.03. The number of carbonyl (C=O) groups excluding carboxylic acids is 3. The summed E-state index contributed by atoms with van der Waals surface area (Å²) < 4.78 is 39.5. The van der Waals surface area contributed by atoms with E-state index in [9.17, 15) is 23.2 Å². The van der Waals surface area contributed by atoms with Crippen LogP contribution in [0.2, 0.25) is 0 Å². The molecule has 7 nitrogen and oxygen atoms in total. The molecule has 0 saturated carbocycles. The summed E-state index contributed by atoms with van der Waals surface area (Å²) in [7, 11) is 0. The molecule has 2 rings (SSSR count). The number of alkyl carbamates (subject to hydrolysis) is 1. The van der Waals surface area contributed by atoms with Gasteiger partial charge in [0.15, 0.2) is 0 Å². The van der Waals surface area contributed by atoms with Crippen molar-refractivity contribution in [3.63, 3.8) is 0 Å². The van der Waals surface area contributed by atoms with E-state index < -0.39 is 42.0 Å².